The quantitative estimate of drug-likeness (QED) is 0.786. The fraction of sp³-hybridized carbons (Fsp3) is 0.318. The highest BCUT2D eigenvalue weighted by Crippen LogP contribution is 2.48. The maximum Gasteiger partial charge on any atom is 0.261 e. The lowest BCUT2D eigenvalue weighted by atomic mass is 9.93. The molecule has 0 saturated heterocycles. The van der Waals surface area contributed by atoms with Crippen molar-refractivity contribution in [3.05, 3.63) is 69.8 Å². The van der Waals surface area contributed by atoms with Gasteiger partial charge in [0.1, 0.15) is 0 Å². The summed E-state index contributed by atoms with van der Waals surface area (Å²) in [6, 6.07) is 13.5. The van der Waals surface area contributed by atoms with E-state index in [1.165, 1.54) is 4.90 Å². The fourth-order valence-electron chi connectivity index (χ4n) is 3.97. The highest BCUT2D eigenvalue weighted by molar-refractivity contribution is 6.21. The van der Waals surface area contributed by atoms with Crippen molar-refractivity contribution in [1.29, 1.82) is 5.26 Å². The van der Waals surface area contributed by atoms with Crippen molar-refractivity contribution in [1.82, 2.24) is 4.90 Å². The highest BCUT2D eigenvalue weighted by atomic mass is 16.2. The number of hydrogen-bond acceptors (Lipinski definition) is 3. The van der Waals surface area contributed by atoms with E-state index in [0.717, 1.165) is 47.9 Å². The second-order valence-corrected chi connectivity index (χ2v) is 7.55. The first kappa shape index (κ1) is 15.3. The van der Waals surface area contributed by atoms with Crippen LogP contribution in [0.1, 0.15) is 80.5 Å². The topological polar surface area (TPSA) is 61.2 Å². The summed E-state index contributed by atoms with van der Waals surface area (Å²) in [5.41, 5.74) is 4.99. The number of fused-ring (bicyclic) bond motifs is 1. The maximum absolute atomic E-state index is 12.6. The molecule has 4 heteroatoms. The van der Waals surface area contributed by atoms with Crippen LogP contribution in [0, 0.1) is 11.3 Å². The first-order chi connectivity index (χ1) is 12.7. The van der Waals surface area contributed by atoms with E-state index in [0.29, 0.717) is 23.0 Å². The molecule has 0 radical (unpaired) electrons. The fourth-order valence-corrected chi connectivity index (χ4v) is 3.97. The number of nitrogens with zero attached hydrogens (tertiary/aromatic N) is 2. The lowest BCUT2D eigenvalue weighted by Crippen LogP contribution is -2.29. The number of imide groups is 1. The van der Waals surface area contributed by atoms with Gasteiger partial charge in [0, 0.05) is 0 Å². The molecule has 1 heterocycles. The largest absolute Gasteiger partial charge is 0.270 e. The summed E-state index contributed by atoms with van der Waals surface area (Å²) in [4.78, 5) is 26.6. The van der Waals surface area contributed by atoms with E-state index >= 15 is 0 Å². The summed E-state index contributed by atoms with van der Waals surface area (Å²) in [7, 11) is 0. The van der Waals surface area contributed by atoms with Crippen LogP contribution < -0.4 is 0 Å². The highest BCUT2D eigenvalue weighted by Gasteiger charge is 2.37. The van der Waals surface area contributed by atoms with Gasteiger partial charge in [0.25, 0.3) is 11.8 Å². The monoisotopic (exact) mass is 342 g/mol. The van der Waals surface area contributed by atoms with E-state index < -0.39 is 0 Å². The molecule has 0 atom stereocenters. The third-order valence-corrected chi connectivity index (χ3v) is 5.62. The summed E-state index contributed by atoms with van der Waals surface area (Å²) >= 11 is 0. The molecule has 4 nitrogen and oxygen atoms in total. The first-order valence-electron chi connectivity index (χ1n) is 9.19. The molecule has 0 unspecified atom stereocenters. The second kappa shape index (κ2) is 5.54. The molecule has 26 heavy (non-hydrogen) atoms. The van der Waals surface area contributed by atoms with Gasteiger partial charge in [-0.2, -0.15) is 5.26 Å². The number of carbonyl (C=O) groups is 2. The van der Waals surface area contributed by atoms with Crippen LogP contribution in [0.2, 0.25) is 0 Å². The number of amides is 2. The molecular weight excluding hydrogens is 324 g/mol. The molecule has 2 aliphatic carbocycles. The van der Waals surface area contributed by atoms with Crippen molar-refractivity contribution in [3.63, 3.8) is 0 Å². The summed E-state index contributed by atoms with van der Waals surface area (Å²) in [5, 5.41) is 9.66. The summed E-state index contributed by atoms with van der Waals surface area (Å²) in [5.74, 6) is 0.473. The lowest BCUT2D eigenvalue weighted by Gasteiger charge is -2.17. The number of rotatable bonds is 4. The standard InChI is InChI=1S/C22H18N2O2/c23-11-20-18(14-5-6-14)9-13(10-19(20)15-7-8-15)12-24-21(25)16-3-1-2-4-17(16)22(24)26/h1-4,9-10,14-15H,5-8,12H2. The Bertz CT molecular complexity index is 925. The van der Waals surface area contributed by atoms with Gasteiger partial charge in [-0.15, -0.1) is 0 Å². The van der Waals surface area contributed by atoms with Crippen LogP contribution in [0.15, 0.2) is 36.4 Å². The van der Waals surface area contributed by atoms with Crippen LogP contribution in [0.3, 0.4) is 0 Å². The van der Waals surface area contributed by atoms with E-state index in [1.807, 2.05) is 12.1 Å². The van der Waals surface area contributed by atoms with Gasteiger partial charge in [-0.3, -0.25) is 14.5 Å². The Labute approximate surface area is 152 Å². The Balaban J connectivity index is 1.53. The molecule has 1 aliphatic heterocycles. The van der Waals surface area contributed by atoms with E-state index in [9.17, 15) is 14.9 Å². The SMILES string of the molecule is N#Cc1c(C2CC2)cc(CN2C(=O)c3ccccc3C2=O)cc1C1CC1. The van der Waals surface area contributed by atoms with Gasteiger partial charge < -0.3 is 0 Å². The average Bonchev–Trinajstić information content (AvgIpc) is 3.57. The Hall–Kier alpha value is -2.93. The zero-order valence-corrected chi connectivity index (χ0v) is 14.4. The molecule has 2 aromatic carbocycles. The van der Waals surface area contributed by atoms with Crippen molar-refractivity contribution >= 4 is 11.8 Å². The van der Waals surface area contributed by atoms with Crippen molar-refractivity contribution in [3.8, 4) is 6.07 Å². The van der Waals surface area contributed by atoms with Crippen LogP contribution in [0.5, 0.6) is 0 Å². The Morgan fingerprint density at radius 3 is 1.85 bits per heavy atom. The van der Waals surface area contributed by atoms with Crippen LogP contribution in [-0.4, -0.2) is 16.7 Å². The molecule has 2 amide bonds. The third kappa shape index (κ3) is 2.35. The van der Waals surface area contributed by atoms with Crippen molar-refractivity contribution in [2.45, 2.75) is 44.1 Å². The van der Waals surface area contributed by atoms with Gasteiger partial charge in [-0.25, -0.2) is 0 Å². The third-order valence-electron chi connectivity index (χ3n) is 5.62. The molecule has 0 N–H and O–H groups in total. The zero-order valence-electron chi connectivity index (χ0n) is 14.4. The predicted molar refractivity (Wildman–Crippen MR) is 95.8 cm³/mol. The van der Waals surface area contributed by atoms with Crippen molar-refractivity contribution in [2.75, 3.05) is 0 Å². The second-order valence-electron chi connectivity index (χ2n) is 7.55. The molecule has 2 aromatic rings. The Morgan fingerprint density at radius 2 is 1.42 bits per heavy atom. The molecular formula is C22H18N2O2. The molecule has 2 saturated carbocycles. The minimum atomic E-state index is -0.226. The van der Waals surface area contributed by atoms with E-state index in [2.05, 4.69) is 6.07 Å². The Morgan fingerprint density at radius 1 is 0.923 bits per heavy atom. The first-order valence-corrected chi connectivity index (χ1v) is 9.19. The van der Waals surface area contributed by atoms with Crippen LogP contribution in [0.4, 0.5) is 0 Å². The van der Waals surface area contributed by atoms with Gasteiger partial charge in [0.2, 0.25) is 0 Å². The maximum atomic E-state index is 12.6. The van der Waals surface area contributed by atoms with Gasteiger partial charge in [-0.05, 0) is 66.3 Å². The zero-order chi connectivity index (χ0) is 17.8. The van der Waals surface area contributed by atoms with E-state index in [4.69, 9.17) is 0 Å². The predicted octanol–water partition coefficient (Wildman–Crippen LogP) is 4.11. The normalized spacial score (nSPS) is 18.8. The van der Waals surface area contributed by atoms with E-state index in [-0.39, 0.29) is 18.4 Å². The number of benzene rings is 2. The molecule has 0 spiro atoms. The van der Waals surface area contributed by atoms with Gasteiger partial charge in [-0.1, -0.05) is 24.3 Å². The minimum Gasteiger partial charge on any atom is -0.270 e. The molecule has 0 bridgehead atoms. The molecule has 0 aromatic heterocycles. The van der Waals surface area contributed by atoms with Gasteiger partial charge >= 0.3 is 0 Å². The number of hydrogen-bond donors (Lipinski definition) is 0. The number of nitriles is 1. The minimum absolute atomic E-state index is 0.226. The molecule has 3 aliphatic rings. The van der Waals surface area contributed by atoms with Crippen molar-refractivity contribution < 1.29 is 9.59 Å². The van der Waals surface area contributed by atoms with Gasteiger partial charge in [0.15, 0.2) is 0 Å². The van der Waals surface area contributed by atoms with Crippen LogP contribution in [-0.2, 0) is 6.54 Å². The Kier molecular flexibility index (Phi) is 3.27. The van der Waals surface area contributed by atoms with Crippen LogP contribution >= 0.6 is 0 Å². The molecule has 5 rings (SSSR count). The van der Waals surface area contributed by atoms with Gasteiger partial charge in [0.05, 0.1) is 29.3 Å². The molecule has 2 fully saturated rings. The average molecular weight is 342 g/mol. The lowest BCUT2D eigenvalue weighted by molar-refractivity contribution is 0.0642. The molecule has 128 valence electrons. The summed E-state index contributed by atoms with van der Waals surface area (Å²) in [6.45, 7) is 0.275. The smallest absolute Gasteiger partial charge is 0.261 e. The summed E-state index contributed by atoms with van der Waals surface area (Å²) in [6.07, 6.45) is 4.48. The van der Waals surface area contributed by atoms with Crippen LogP contribution in [0.25, 0.3) is 0 Å². The summed E-state index contributed by atoms with van der Waals surface area (Å²) < 4.78 is 0. The van der Waals surface area contributed by atoms with Crippen molar-refractivity contribution in [2.24, 2.45) is 0 Å². The van der Waals surface area contributed by atoms with E-state index in [1.54, 1.807) is 24.3 Å². The number of carbonyl (C=O) groups excluding carboxylic acids is 2.